The fourth-order valence-corrected chi connectivity index (χ4v) is 3.00. The number of ether oxygens (including phenoxy) is 1. The van der Waals surface area contributed by atoms with Crippen LogP contribution < -0.4 is 5.56 Å². The molecule has 0 saturated carbocycles. The highest BCUT2D eigenvalue weighted by Crippen LogP contribution is 2.25. The Morgan fingerprint density at radius 2 is 2.17 bits per heavy atom. The molecule has 2 aromatic heterocycles. The monoisotopic (exact) mass is 353 g/mol. The highest BCUT2D eigenvalue weighted by Gasteiger charge is 2.29. The van der Waals surface area contributed by atoms with Gasteiger partial charge in [-0.1, -0.05) is 11.6 Å². The van der Waals surface area contributed by atoms with E-state index in [2.05, 4.69) is 15.3 Å². The number of fused-ring (bicyclic) bond motifs is 1. The van der Waals surface area contributed by atoms with Crippen LogP contribution in [0.5, 0.6) is 0 Å². The minimum atomic E-state index is -0.541. The van der Waals surface area contributed by atoms with Crippen LogP contribution in [0.1, 0.15) is 39.7 Å². The molecule has 9 heteroatoms. The number of aromatic amines is 1. The molecule has 1 atom stereocenters. The predicted octanol–water partition coefficient (Wildman–Crippen LogP) is 2.35. The van der Waals surface area contributed by atoms with E-state index in [1.807, 2.05) is 20.8 Å². The molecular weight excluding hydrogens is 334 g/mol. The topological polar surface area (TPSA) is 93.1 Å². The first-order valence-electron chi connectivity index (χ1n) is 7.86. The van der Waals surface area contributed by atoms with Gasteiger partial charge in [0.2, 0.25) is 0 Å². The molecule has 0 bridgehead atoms. The summed E-state index contributed by atoms with van der Waals surface area (Å²) < 4.78 is 7.11. The highest BCUT2D eigenvalue weighted by molar-refractivity contribution is 6.29. The number of halogens is 1. The van der Waals surface area contributed by atoms with Gasteiger partial charge in [0.1, 0.15) is 5.60 Å². The van der Waals surface area contributed by atoms with Crippen molar-refractivity contribution in [3.8, 4) is 0 Å². The Bertz CT molecular complexity index is 823. The Labute approximate surface area is 143 Å². The van der Waals surface area contributed by atoms with Crippen molar-refractivity contribution in [2.45, 2.75) is 45.3 Å². The van der Waals surface area contributed by atoms with Gasteiger partial charge in [0.05, 0.1) is 11.4 Å². The van der Waals surface area contributed by atoms with Crippen molar-refractivity contribution in [3.05, 3.63) is 21.6 Å². The first-order valence-corrected chi connectivity index (χ1v) is 8.24. The third-order valence-corrected chi connectivity index (χ3v) is 4.04. The van der Waals surface area contributed by atoms with Gasteiger partial charge in [-0.3, -0.25) is 14.6 Å². The van der Waals surface area contributed by atoms with Crippen molar-refractivity contribution < 1.29 is 9.53 Å². The maximum atomic E-state index is 12.3. The number of nitrogens with zero attached hydrogens (tertiary/aromatic N) is 4. The first-order chi connectivity index (χ1) is 11.2. The van der Waals surface area contributed by atoms with Crippen molar-refractivity contribution in [1.82, 2.24) is 24.9 Å². The van der Waals surface area contributed by atoms with Crippen molar-refractivity contribution in [1.29, 1.82) is 0 Å². The number of rotatable bonds is 1. The summed E-state index contributed by atoms with van der Waals surface area (Å²) in [5, 5.41) is 11.2. The molecule has 1 aliphatic heterocycles. The number of H-pyrrole nitrogens is 1. The Hall–Kier alpha value is -2.09. The molecule has 1 fully saturated rings. The van der Waals surface area contributed by atoms with Crippen LogP contribution in [0.3, 0.4) is 0 Å². The number of piperidine rings is 1. The molecule has 130 valence electrons. The lowest BCUT2D eigenvalue weighted by molar-refractivity contribution is 0.0169. The smallest absolute Gasteiger partial charge is 0.410 e. The summed E-state index contributed by atoms with van der Waals surface area (Å²) >= 11 is 5.81. The fraction of sp³-hybridized carbons (Fsp3) is 0.600. The standard InChI is InChI=1S/C15H20ClN5O3/c1-15(2,3)24-14(23)20-6-4-5-9(8-20)21-12-10(13(22)19-21)7-11(16)17-18-12/h7,9H,4-6,8H2,1-3H3,(H,19,22). The quantitative estimate of drug-likeness (QED) is 0.849. The lowest BCUT2D eigenvalue weighted by Crippen LogP contribution is -2.43. The van der Waals surface area contributed by atoms with E-state index in [0.29, 0.717) is 24.1 Å². The average molecular weight is 354 g/mol. The van der Waals surface area contributed by atoms with E-state index in [-0.39, 0.29) is 22.8 Å². The van der Waals surface area contributed by atoms with E-state index in [1.165, 1.54) is 6.07 Å². The molecule has 1 amide bonds. The predicted molar refractivity (Wildman–Crippen MR) is 89.2 cm³/mol. The molecule has 1 unspecified atom stereocenters. The SMILES string of the molecule is CC(C)(C)OC(=O)N1CCCC(n2[nH]c(=O)c3cc(Cl)nnc32)C1. The van der Waals surface area contributed by atoms with Crippen molar-refractivity contribution in [3.63, 3.8) is 0 Å². The Morgan fingerprint density at radius 3 is 2.88 bits per heavy atom. The van der Waals surface area contributed by atoms with Crippen LogP contribution in [0.25, 0.3) is 11.0 Å². The third-order valence-electron chi connectivity index (χ3n) is 3.85. The number of hydrogen-bond acceptors (Lipinski definition) is 5. The summed E-state index contributed by atoms with van der Waals surface area (Å²) in [5.41, 5.74) is -0.364. The van der Waals surface area contributed by atoms with Gasteiger partial charge in [-0.05, 0) is 39.7 Å². The van der Waals surface area contributed by atoms with E-state index in [0.717, 1.165) is 12.8 Å². The van der Waals surface area contributed by atoms with Crippen molar-refractivity contribution in [2.75, 3.05) is 13.1 Å². The van der Waals surface area contributed by atoms with Gasteiger partial charge >= 0.3 is 6.09 Å². The number of carbonyl (C=O) groups excluding carboxylic acids is 1. The number of aromatic nitrogens is 4. The van der Waals surface area contributed by atoms with Crippen LogP contribution in [-0.4, -0.2) is 49.7 Å². The van der Waals surface area contributed by atoms with E-state index in [4.69, 9.17) is 16.3 Å². The molecule has 8 nitrogen and oxygen atoms in total. The molecule has 24 heavy (non-hydrogen) atoms. The molecule has 3 rings (SSSR count). The summed E-state index contributed by atoms with van der Waals surface area (Å²) in [4.78, 5) is 26.0. The van der Waals surface area contributed by atoms with Crippen LogP contribution >= 0.6 is 11.6 Å². The van der Waals surface area contributed by atoms with Gasteiger partial charge in [0, 0.05) is 13.1 Å². The van der Waals surface area contributed by atoms with Gasteiger partial charge < -0.3 is 9.64 Å². The largest absolute Gasteiger partial charge is 0.444 e. The maximum absolute atomic E-state index is 12.3. The summed E-state index contributed by atoms with van der Waals surface area (Å²) in [6.07, 6.45) is 1.29. The number of carbonyl (C=O) groups is 1. The summed E-state index contributed by atoms with van der Waals surface area (Å²) in [5.74, 6) is 0. The zero-order valence-corrected chi connectivity index (χ0v) is 14.6. The molecule has 1 saturated heterocycles. The first kappa shape index (κ1) is 16.8. The normalized spacial score (nSPS) is 18.8. The second kappa shape index (κ2) is 6.08. The lowest BCUT2D eigenvalue weighted by atomic mass is 10.1. The van der Waals surface area contributed by atoms with Crippen LogP contribution in [0.2, 0.25) is 5.15 Å². The second-order valence-corrected chi connectivity index (χ2v) is 7.32. The summed E-state index contributed by atoms with van der Waals surface area (Å²) in [6, 6.07) is 1.40. The maximum Gasteiger partial charge on any atom is 0.410 e. The fourth-order valence-electron chi connectivity index (χ4n) is 2.85. The molecule has 0 radical (unpaired) electrons. The summed E-state index contributed by atoms with van der Waals surface area (Å²) in [6.45, 7) is 6.58. The second-order valence-electron chi connectivity index (χ2n) is 6.94. The van der Waals surface area contributed by atoms with Crippen LogP contribution in [-0.2, 0) is 4.74 Å². The Kier molecular flexibility index (Phi) is 4.25. The molecule has 0 aliphatic carbocycles. The van der Waals surface area contributed by atoms with Gasteiger partial charge in [-0.15, -0.1) is 10.2 Å². The molecule has 1 aliphatic rings. The summed E-state index contributed by atoms with van der Waals surface area (Å²) in [7, 11) is 0. The van der Waals surface area contributed by atoms with Gasteiger partial charge in [0.25, 0.3) is 5.56 Å². The molecule has 2 aromatic rings. The highest BCUT2D eigenvalue weighted by atomic mass is 35.5. The zero-order valence-electron chi connectivity index (χ0n) is 13.9. The molecule has 3 heterocycles. The van der Waals surface area contributed by atoms with Gasteiger partial charge in [-0.2, -0.15) is 0 Å². The van der Waals surface area contributed by atoms with Gasteiger partial charge in [0.15, 0.2) is 10.8 Å². The molecule has 1 N–H and O–H groups in total. The Morgan fingerprint density at radius 1 is 1.42 bits per heavy atom. The number of hydrogen-bond donors (Lipinski definition) is 1. The minimum Gasteiger partial charge on any atom is -0.444 e. The third kappa shape index (κ3) is 3.38. The number of amides is 1. The van der Waals surface area contributed by atoms with Crippen molar-refractivity contribution in [2.24, 2.45) is 0 Å². The average Bonchev–Trinajstić information content (AvgIpc) is 2.82. The van der Waals surface area contributed by atoms with Gasteiger partial charge in [-0.25, -0.2) is 4.79 Å². The molecular formula is C15H20ClN5O3. The van der Waals surface area contributed by atoms with E-state index >= 15 is 0 Å². The van der Waals surface area contributed by atoms with E-state index < -0.39 is 5.60 Å². The minimum absolute atomic E-state index is 0.0908. The Balaban J connectivity index is 1.85. The van der Waals surface area contributed by atoms with Crippen LogP contribution in [0, 0.1) is 0 Å². The van der Waals surface area contributed by atoms with Crippen LogP contribution in [0.4, 0.5) is 4.79 Å². The van der Waals surface area contributed by atoms with Crippen molar-refractivity contribution >= 4 is 28.7 Å². The number of nitrogens with one attached hydrogen (secondary N) is 1. The van der Waals surface area contributed by atoms with Crippen LogP contribution in [0.15, 0.2) is 10.9 Å². The number of likely N-dealkylation sites (tertiary alicyclic amines) is 1. The molecule has 0 aromatic carbocycles. The van der Waals surface area contributed by atoms with E-state index in [1.54, 1.807) is 9.58 Å². The molecule has 0 spiro atoms. The zero-order chi connectivity index (χ0) is 17.5. The van der Waals surface area contributed by atoms with E-state index in [9.17, 15) is 9.59 Å². The lowest BCUT2D eigenvalue weighted by Gasteiger charge is -2.34.